The number of carbonyl (C=O) groups is 2. The van der Waals surface area contributed by atoms with Crippen LogP contribution in [0, 0.1) is 0 Å². The molecule has 2 amide bonds. The standard InChI is InChI=1S/C12H23N3O3/c1-9(16)15-6-3-10(4-7-15)14-12(17)11(13)5-8-18-2/h10-11H,3-8,13H2,1-2H3,(H,14,17). The van der Waals surface area contributed by atoms with Crippen molar-refractivity contribution in [1.29, 1.82) is 0 Å². The van der Waals surface area contributed by atoms with Gasteiger partial charge >= 0.3 is 0 Å². The lowest BCUT2D eigenvalue weighted by atomic mass is 10.0. The molecule has 0 saturated carbocycles. The molecule has 0 aliphatic carbocycles. The topological polar surface area (TPSA) is 84.7 Å². The van der Waals surface area contributed by atoms with E-state index in [9.17, 15) is 9.59 Å². The van der Waals surface area contributed by atoms with Crippen LogP contribution in [-0.2, 0) is 14.3 Å². The fourth-order valence-corrected chi connectivity index (χ4v) is 2.02. The lowest BCUT2D eigenvalue weighted by Gasteiger charge is -2.32. The Labute approximate surface area is 108 Å². The van der Waals surface area contributed by atoms with E-state index in [0.717, 1.165) is 12.8 Å². The van der Waals surface area contributed by atoms with Gasteiger partial charge in [0.25, 0.3) is 0 Å². The number of nitrogens with two attached hydrogens (primary N) is 1. The third-order valence-electron chi connectivity index (χ3n) is 3.26. The third-order valence-corrected chi connectivity index (χ3v) is 3.26. The van der Waals surface area contributed by atoms with Crippen LogP contribution in [0.5, 0.6) is 0 Å². The van der Waals surface area contributed by atoms with Crippen molar-refractivity contribution in [3.05, 3.63) is 0 Å². The highest BCUT2D eigenvalue weighted by atomic mass is 16.5. The van der Waals surface area contributed by atoms with Gasteiger partial charge in [0.15, 0.2) is 0 Å². The zero-order chi connectivity index (χ0) is 13.5. The summed E-state index contributed by atoms with van der Waals surface area (Å²) in [6.07, 6.45) is 2.11. The number of hydrogen-bond donors (Lipinski definition) is 2. The smallest absolute Gasteiger partial charge is 0.237 e. The van der Waals surface area contributed by atoms with Crippen LogP contribution in [0.1, 0.15) is 26.2 Å². The Morgan fingerprint density at radius 1 is 1.44 bits per heavy atom. The van der Waals surface area contributed by atoms with Gasteiger partial charge in [-0.05, 0) is 19.3 Å². The number of ether oxygens (including phenoxy) is 1. The highest BCUT2D eigenvalue weighted by molar-refractivity contribution is 5.81. The Kier molecular flexibility index (Phi) is 6.07. The van der Waals surface area contributed by atoms with Crippen molar-refractivity contribution in [2.45, 2.75) is 38.3 Å². The maximum Gasteiger partial charge on any atom is 0.237 e. The van der Waals surface area contributed by atoms with E-state index in [2.05, 4.69) is 5.32 Å². The summed E-state index contributed by atoms with van der Waals surface area (Å²) in [5.41, 5.74) is 5.74. The molecule has 18 heavy (non-hydrogen) atoms. The second-order valence-corrected chi connectivity index (χ2v) is 4.68. The number of piperidine rings is 1. The number of hydrogen-bond acceptors (Lipinski definition) is 4. The van der Waals surface area contributed by atoms with E-state index in [-0.39, 0.29) is 17.9 Å². The minimum absolute atomic E-state index is 0.0940. The van der Waals surface area contributed by atoms with Gasteiger partial charge in [0.05, 0.1) is 6.04 Å². The monoisotopic (exact) mass is 257 g/mol. The van der Waals surface area contributed by atoms with Gasteiger partial charge < -0.3 is 20.7 Å². The zero-order valence-corrected chi connectivity index (χ0v) is 11.1. The molecule has 0 aromatic rings. The molecule has 1 saturated heterocycles. The van der Waals surface area contributed by atoms with Gasteiger partial charge in [0.1, 0.15) is 0 Å². The van der Waals surface area contributed by atoms with E-state index in [1.54, 1.807) is 18.9 Å². The first-order valence-corrected chi connectivity index (χ1v) is 6.35. The third kappa shape index (κ3) is 4.62. The number of nitrogens with one attached hydrogen (secondary N) is 1. The quantitative estimate of drug-likeness (QED) is 0.694. The van der Waals surface area contributed by atoms with E-state index in [4.69, 9.17) is 10.5 Å². The van der Waals surface area contributed by atoms with E-state index in [0.29, 0.717) is 26.1 Å². The van der Waals surface area contributed by atoms with Gasteiger partial charge in [-0.1, -0.05) is 0 Å². The van der Waals surface area contributed by atoms with Crippen molar-refractivity contribution >= 4 is 11.8 Å². The molecule has 6 heteroatoms. The highest BCUT2D eigenvalue weighted by Crippen LogP contribution is 2.10. The summed E-state index contributed by atoms with van der Waals surface area (Å²) < 4.78 is 4.89. The molecule has 0 aromatic heterocycles. The molecular weight excluding hydrogens is 234 g/mol. The molecule has 0 spiro atoms. The summed E-state index contributed by atoms with van der Waals surface area (Å²) in [6.45, 7) is 3.46. The second-order valence-electron chi connectivity index (χ2n) is 4.68. The zero-order valence-electron chi connectivity index (χ0n) is 11.1. The van der Waals surface area contributed by atoms with Gasteiger partial charge in [-0.3, -0.25) is 9.59 Å². The first-order valence-electron chi connectivity index (χ1n) is 6.35. The average Bonchev–Trinajstić information content (AvgIpc) is 2.36. The summed E-state index contributed by atoms with van der Waals surface area (Å²) >= 11 is 0. The SMILES string of the molecule is COCCC(N)C(=O)NC1CCN(C(C)=O)CC1. The van der Waals surface area contributed by atoms with Gasteiger partial charge in [-0.15, -0.1) is 0 Å². The first kappa shape index (κ1) is 14.9. The second kappa shape index (κ2) is 7.33. The summed E-state index contributed by atoms with van der Waals surface area (Å²) in [5.74, 6) is -0.0371. The normalized spacial score (nSPS) is 18.5. The van der Waals surface area contributed by atoms with Crippen LogP contribution in [-0.4, -0.2) is 55.6 Å². The molecule has 1 atom stereocenters. The minimum atomic E-state index is -0.518. The summed E-state index contributed by atoms with van der Waals surface area (Å²) in [7, 11) is 1.59. The van der Waals surface area contributed by atoms with Crippen LogP contribution >= 0.6 is 0 Å². The number of amides is 2. The van der Waals surface area contributed by atoms with Crippen LogP contribution < -0.4 is 11.1 Å². The Bertz CT molecular complexity index is 288. The highest BCUT2D eigenvalue weighted by Gasteiger charge is 2.23. The van der Waals surface area contributed by atoms with Crippen LogP contribution in [0.15, 0.2) is 0 Å². The molecule has 1 heterocycles. The van der Waals surface area contributed by atoms with E-state index < -0.39 is 6.04 Å². The number of carbonyl (C=O) groups excluding carboxylic acids is 2. The number of nitrogens with zero attached hydrogens (tertiary/aromatic N) is 1. The van der Waals surface area contributed by atoms with Crippen molar-refractivity contribution in [1.82, 2.24) is 10.2 Å². The van der Waals surface area contributed by atoms with Crippen LogP contribution in [0.2, 0.25) is 0 Å². The Hall–Kier alpha value is -1.14. The van der Waals surface area contributed by atoms with E-state index >= 15 is 0 Å². The molecule has 1 fully saturated rings. The van der Waals surface area contributed by atoms with Crippen LogP contribution in [0.4, 0.5) is 0 Å². The number of methoxy groups -OCH3 is 1. The molecule has 104 valence electrons. The Balaban J connectivity index is 2.27. The maximum atomic E-state index is 11.8. The van der Waals surface area contributed by atoms with Crippen molar-refractivity contribution in [3.63, 3.8) is 0 Å². The first-order chi connectivity index (χ1) is 8.54. The predicted molar refractivity (Wildman–Crippen MR) is 67.9 cm³/mol. The molecule has 3 N–H and O–H groups in total. The molecule has 1 aliphatic rings. The van der Waals surface area contributed by atoms with Gasteiger partial charge in [-0.2, -0.15) is 0 Å². The fraction of sp³-hybridized carbons (Fsp3) is 0.833. The molecule has 1 unspecified atom stereocenters. The lowest BCUT2D eigenvalue weighted by Crippen LogP contribution is -2.50. The number of rotatable bonds is 5. The molecule has 0 aromatic carbocycles. The predicted octanol–water partition coefficient (Wildman–Crippen LogP) is -0.523. The fourth-order valence-electron chi connectivity index (χ4n) is 2.02. The summed E-state index contributed by atoms with van der Waals surface area (Å²) in [5, 5.41) is 2.93. The molecule has 0 radical (unpaired) electrons. The van der Waals surface area contributed by atoms with E-state index in [1.807, 2.05) is 0 Å². The molecule has 1 aliphatic heterocycles. The summed E-state index contributed by atoms with van der Waals surface area (Å²) in [4.78, 5) is 24.7. The van der Waals surface area contributed by atoms with Crippen LogP contribution in [0.25, 0.3) is 0 Å². The van der Waals surface area contributed by atoms with Gasteiger partial charge in [0.2, 0.25) is 11.8 Å². The van der Waals surface area contributed by atoms with Crippen molar-refractivity contribution in [2.75, 3.05) is 26.8 Å². The van der Waals surface area contributed by atoms with Crippen molar-refractivity contribution in [3.8, 4) is 0 Å². The molecular formula is C12H23N3O3. The molecule has 6 nitrogen and oxygen atoms in total. The summed E-state index contributed by atoms with van der Waals surface area (Å²) in [6, 6.07) is -0.391. The Morgan fingerprint density at radius 2 is 2.06 bits per heavy atom. The van der Waals surface area contributed by atoms with Gasteiger partial charge in [-0.25, -0.2) is 0 Å². The van der Waals surface area contributed by atoms with Crippen LogP contribution in [0.3, 0.4) is 0 Å². The molecule has 1 rings (SSSR count). The van der Waals surface area contributed by atoms with E-state index in [1.165, 1.54) is 0 Å². The van der Waals surface area contributed by atoms with Gasteiger partial charge in [0, 0.05) is 39.8 Å². The molecule has 0 bridgehead atoms. The lowest BCUT2D eigenvalue weighted by molar-refractivity contribution is -0.130. The maximum absolute atomic E-state index is 11.8. The number of likely N-dealkylation sites (tertiary alicyclic amines) is 1. The minimum Gasteiger partial charge on any atom is -0.385 e. The average molecular weight is 257 g/mol. The van der Waals surface area contributed by atoms with Crippen molar-refractivity contribution in [2.24, 2.45) is 5.73 Å². The largest absolute Gasteiger partial charge is 0.385 e. The Morgan fingerprint density at radius 3 is 2.56 bits per heavy atom. The van der Waals surface area contributed by atoms with Crippen molar-refractivity contribution < 1.29 is 14.3 Å².